The van der Waals surface area contributed by atoms with Crippen LogP contribution in [0.15, 0.2) is 109 Å². The molecular formula is C28H24BN2O6. The fourth-order valence-electron chi connectivity index (χ4n) is 3.14. The Balaban J connectivity index is 1.15. The van der Waals surface area contributed by atoms with Crippen LogP contribution in [0.25, 0.3) is 0 Å². The van der Waals surface area contributed by atoms with E-state index >= 15 is 0 Å². The number of amides is 2. The SMILES string of the molecule is O=C(NOCc1ccccc1)c1ccc(O[B]Oc2ccc(C(=O)NOCc3ccccc3)cc2)cc1. The molecule has 2 amide bonds. The van der Waals surface area contributed by atoms with Gasteiger partial charge < -0.3 is 9.31 Å². The van der Waals surface area contributed by atoms with Crippen LogP contribution in [-0.4, -0.2) is 19.5 Å². The molecule has 0 fully saturated rings. The van der Waals surface area contributed by atoms with Crippen LogP contribution in [-0.2, 0) is 22.9 Å². The van der Waals surface area contributed by atoms with Crippen molar-refractivity contribution in [3.8, 4) is 11.5 Å². The van der Waals surface area contributed by atoms with E-state index in [1.54, 1.807) is 48.5 Å². The highest BCUT2D eigenvalue weighted by atomic mass is 16.7. The van der Waals surface area contributed by atoms with E-state index in [1.807, 2.05) is 60.7 Å². The summed E-state index contributed by atoms with van der Waals surface area (Å²) in [5, 5.41) is 0. The normalized spacial score (nSPS) is 10.3. The van der Waals surface area contributed by atoms with Crippen LogP contribution in [0.1, 0.15) is 31.8 Å². The van der Waals surface area contributed by atoms with Gasteiger partial charge in [0.15, 0.2) is 0 Å². The van der Waals surface area contributed by atoms with Crippen molar-refractivity contribution in [2.75, 3.05) is 0 Å². The fraction of sp³-hybridized carbons (Fsp3) is 0.0714. The average molecular weight is 495 g/mol. The number of hydrogen-bond donors (Lipinski definition) is 2. The van der Waals surface area contributed by atoms with Crippen LogP contribution >= 0.6 is 0 Å². The molecule has 0 saturated carbocycles. The Morgan fingerprint density at radius 2 is 0.919 bits per heavy atom. The van der Waals surface area contributed by atoms with Crippen molar-refractivity contribution in [1.29, 1.82) is 0 Å². The van der Waals surface area contributed by atoms with Crippen LogP contribution in [0.3, 0.4) is 0 Å². The van der Waals surface area contributed by atoms with E-state index in [0.29, 0.717) is 22.6 Å². The third-order valence-corrected chi connectivity index (χ3v) is 5.09. The number of hydroxylamine groups is 2. The summed E-state index contributed by atoms with van der Waals surface area (Å²) in [4.78, 5) is 34.9. The van der Waals surface area contributed by atoms with E-state index in [0.717, 1.165) is 18.8 Å². The molecule has 4 aromatic carbocycles. The second-order valence-electron chi connectivity index (χ2n) is 7.79. The Hall–Kier alpha value is -4.60. The molecule has 0 aliphatic heterocycles. The van der Waals surface area contributed by atoms with Crippen molar-refractivity contribution in [2.24, 2.45) is 0 Å². The van der Waals surface area contributed by atoms with E-state index in [-0.39, 0.29) is 25.0 Å². The molecule has 37 heavy (non-hydrogen) atoms. The number of hydrogen-bond acceptors (Lipinski definition) is 6. The molecule has 0 aliphatic carbocycles. The zero-order valence-electron chi connectivity index (χ0n) is 19.8. The highest BCUT2D eigenvalue weighted by molar-refractivity contribution is 6.20. The number of carbonyl (C=O) groups is 2. The first kappa shape index (κ1) is 25.5. The molecule has 0 spiro atoms. The van der Waals surface area contributed by atoms with E-state index < -0.39 is 0 Å². The molecule has 185 valence electrons. The van der Waals surface area contributed by atoms with Gasteiger partial charge in [0.25, 0.3) is 11.8 Å². The molecule has 4 aromatic rings. The summed E-state index contributed by atoms with van der Waals surface area (Å²) in [6, 6.07) is 32.0. The summed E-state index contributed by atoms with van der Waals surface area (Å²) in [7, 11) is 1.16. The van der Waals surface area contributed by atoms with Crippen molar-refractivity contribution in [3.05, 3.63) is 131 Å². The molecule has 0 saturated heterocycles. The molecule has 4 rings (SSSR count). The lowest BCUT2D eigenvalue weighted by atomic mass is 10.2. The summed E-state index contributed by atoms with van der Waals surface area (Å²) in [6.45, 7) is 0.543. The summed E-state index contributed by atoms with van der Waals surface area (Å²) in [5.74, 6) is 0.233. The van der Waals surface area contributed by atoms with Crippen LogP contribution in [0.4, 0.5) is 0 Å². The largest absolute Gasteiger partial charge is 0.658 e. The van der Waals surface area contributed by atoms with Gasteiger partial charge in [0.05, 0.1) is 13.2 Å². The molecule has 8 nitrogen and oxygen atoms in total. The predicted molar refractivity (Wildman–Crippen MR) is 137 cm³/mol. The maximum atomic E-state index is 12.2. The third kappa shape index (κ3) is 8.24. The van der Waals surface area contributed by atoms with Crippen molar-refractivity contribution in [2.45, 2.75) is 13.2 Å². The monoisotopic (exact) mass is 495 g/mol. The van der Waals surface area contributed by atoms with Crippen LogP contribution in [0, 0.1) is 0 Å². The Kier molecular flexibility index (Phi) is 9.29. The van der Waals surface area contributed by atoms with Gasteiger partial charge in [-0.3, -0.25) is 19.3 Å². The second-order valence-corrected chi connectivity index (χ2v) is 7.79. The lowest BCUT2D eigenvalue weighted by Gasteiger charge is -2.09. The minimum atomic E-state index is -0.364. The second kappa shape index (κ2) is 13.5. The topological polar surface area (TPSA) is 95.1 Å². The van der Waals surface area contributed by atoms with Crippen LogP contribution < -0.4 is 20.3 Å². The van der Waals surface area contributed by atoms with Gasteiger partial charge >= 0.3 is 7.69 Å². The number of nitrogens with one attached hydrogen (secondary N) is 2. The number of carbonyl (C=O) groups excluding carboxylic acids is 2. The highest BCUT2D eigenvalue weighted by Gasteiger charge is 2.09. The Labute approximate surface area is 215 Å². The van der Waals surface area contributed by atoms with Gasteiger partial charge in [0.2, 0.25) is 0 Å². The lowest BCUT2D eigenvalue weighted by Crippen LogP contribution is -2.23. The van der Waals surface area contributed by atoms with Gasteiger partial charge in [-0.2, -0.15) is 0 Å². The summed E-state index contributed by atoms with van der Waals surface area (Å²) in [6.07, 6.45) is 0. The van der Waals surface area contributed by atoms with Gasteiger partial charge in [-0.05, 0) is 59.7 Å². The third-order valence-electron chi connectivity index (χ3n) is 5.09. The molecule has 0 aromatic heterocycles. The van der Waals surface area contributed by atoms with Gasteiger partial charge in [-0.1, -0.05) is 60.7 Å². The molecular weight excluding hydrogens is 471 g/mol. The predicted octanol–water partition coefficient (Wildman–Crippen LogP) is 4.40. The molecule has 2 N–H and O–H groups in total. The summed E-state index contributed by atoms with van der Waals surface area (Å²) >= 11 is 0. The molecule has 0 unspecified atom stereocenters. The molecule has 9 heteroatoms. The molecule has 0 atom stereocenters. The van der Waals surface area contributed by atoms with E-state index in [4.69, 9.17) is 19.0 Å². The number of rotatable bonds is 12. The smallest absolute Gasteiger partial charge is 0.526 e. The van der Waals surface area contributed by atoms with Crippen molar-refractivity contribution < 1.29 is 28.6 Å². The fourth-order valence-corrected chi connectivity index (χ4v) is 3.14. The van der Waals surface area contributed by atoms with Gasteiger partial charge in [-0.25, -0.2) is 11.0 Å². The lowest BCUT2D eigenvalue weighted by molar-refractivity contribution is 0.0231. The Bertz CT molecular complexity index is 1170. The van der Waals surface area contributed by atoms with Crippen LogP contribution in [0.5, 0.6) is 11.5 Å². The maximum Gasteiger partial charge on any atom is 0.658 e. The molecule has 0 bridgehead atoms. The van der Waals surface area contributed by atoms with Gasteiger partial charge in [0, 0.05) is 11.1 Å². The zero-order valence-corrected chi connectivity index (χ0v) is 19.8. The van der Waals surface area contributed by atoms with Gasteiger partial charge in [0.1, 0.15) is 11.5 Å². The first-order chi connectivity index (χ1) is 18.2. The van der Waals surface area contributed by atoms with Crippen molar-refractivity contribution >= 4 is 19.5 Å². The van der Waals surface area contributed by atoms with Crippen LogP contribution in [0.2, 0.25) is 0 Å². The molecule has 0 aliphatic rings. The van der Waals surface area contributed by atoms with Crippen molar-refractivity contribution in [3.63, 3.8) is 0 Å². The summed E-state index contributed by atoms with van der Waals surface area (Å²) < 4.78 is 10.9. The minimum absolute atomic E-state index is 0.272. The minimum Gasteiger partial charge on any atom is -0.526 e. The quantitative estimate of drug-likeness (QED) is 0.224. The van der Waals surface area contributed by atoms with E-state index in [2.05, 4.69) is 11.0 Å². The van der Waals surface area contributed by atoms with E-state index in [9.17, 15) is 9.59 Å². The van der Waals surface area contributed by atoms with E-state index in [1.165, 1.54) is 0 Å². The average Bonchev–Trinajstić information content (AvgIpc) is 2.95. The molecule has 0 heterocycles. The first-order valence-electron chi connectivity index (χ1n) is 11.4. The van der Waals surface area contributed by atoms with Crippen molar-refractivity contribution in [1.82, 2.24) is 11.0 Å². The Morgan fingerprint density at radius 3 is 1.30 bits per heavy atom. The molecule has 1 radical (unpaired) electrons. The van der Waals surface area contributed by atoms with Gasteiger partial charge in [-0.15, -0.1) is 0 Å². The maximum absolute atomic E-state index is 12.2. The zero-order chi connectivity index (χ0) is 25.7. The first-order valence-corrected chi connectivity index (χ1v) is 11.4. The Morgan fingerprint density at radius 1 is 0.541 bits per heavy atom. The summed E-state index contributed by atoms with van der Waals surface area (Å²) in [5.41, 5.74) is 7.57. The standard InChI is InChI=1S/C28H24BN2O6/c32-27(30-34-19-21-7-3-1-4-8-21)23-11-15-25(16-12-23)36-29-37-26-17-13-24(14-18-26)28(33)31-35-20-22-9-5-2-6-10-22/h1-18H,19-20H2,(H,30,32)(H,31,33). The number of benzene rings is 4. The highest BCUT2D eigenvalue weighted by Crippen LogP contribution is 2.15.